The number of rotatable bonds is 4. The van der Waals surface area contributed by atoms with Crippen LogP contribution in [0.15, 0.2) is 74.0 Å². The quantitative estimate of drug-likeness (QED) is 0.433. The number of ether oxygens (including phenoxy) is 1. The van der Waals surface area contributed by atoms with Gasteiger partial charge in [0.25, 0.3) is 5.56 Å². The number of carbonyl (C=O) groups is 1. The number of benzene rings is 2. The fourth-order valence-corrected chi connectivity index (χ4v) is 4.55. The second kappa shape index (κ2) is 7.41. The van der Waals surface area contributed by atoms with Gasteiger partial charge in [-0.2, -0.15) is 0 Å². The molecule has 0 spiro atoms. The molecule has 0 saturated heterocycles. The van der Waals surface area contributed by atoms with Crippen molar-refractivity contribution in [2.45, 2.75) is 6.54 Å². The summed E-state index contributed by atoms with van der Waals surface area (Å²) in [7, 11) is 1.25. The molecular weight excluding hydrogens is 416 g/mol. The van der Waals surface area contributed by atoms with Crippen LogP contribution in [0, 0.1) is 0 Å². The number of methoxy groups -OCH3 is 1. The Hall–Kier alpha value is -3.91. The van der Waals surface area contributed by atoms with Crippen LogP contribution in [0.2, 0.25) is 0 Å². The summed E-state index contributed by atoms with van der Waals surface area (Å²) in [6.45, 7) is -0.103. The lowest BCUT2D eigenvalue weighted by Gasteiger charge is -2.06. The molecule has 3 aromatic heterocycles. The third-order valence-electron chi connectivity index (χ3n) is 5.14. The average Bonchev–Trinajstić information content (AvgIpc) is 3.43. The van der Waals surface area contributed by atoms with Crippen molar-refractivity contribution in [2.24, 2.45) is 0 Å². The summed E-state index contributed by atoms with van der Waals surface area (Å²) in [6, 6.07) is 17.0. The summed E-state index contributed by atoms with van der Waals surface area (Å²) in [5.74, 6) is -0.315. The van der Waals surface area contributed by atoms with Gasteiger partial charge in [-0.25, -0.2) is 9.59 Å². The fourth-order valence-electron chi connectivity index (χ4n) is 3.60. The van der Waals surface area contributed by atoms with Gasteiger partial charge in [-0.05, 0) is 34.5 Å². The van der Waals surface area contributed by atoms with Crippen LogP contribution >= 0.6 is 11.3 Å². The van der Waals surface area contributed by atoms with E-state index in [1.165, 1.54) is 24.5 Å². The van der Waals surface area contributed by atoms with E-state index in [9.17, 15) is 14.4 Å². The van der Waals surface area contributed by atoms with Crippen molar-refractivity contribution < 1.29 is 13.9 Å². The second-order valence-corrected chi connectivity index (χ2v) is 7.87. The zero-order valence-electron chi connectivity index (χ0n) is 16.4. The van der Waals surface area contributed by atoms with Crippen LogP contribution in [0.3, 0.4) is 0 Å². The second-order valence-electron chi connectivity index (χ2n) is 6.99. The molecule has 1 N–H and O–H groups in total. The molecular formula is C23H16N2O5S. The normalized spacial score (nSPS) is 11.3. The SMILES string of the molecule is COC(=O)c1ccc(Cn2c(=O)[nH]c3scc(-c4ccc5ccccc5c4)c3c2=O)o1. The molecule has 7 nitrogen and oxygen atoms in total. The molecule has 0 aliphatic rings. The monoisotopic (exact) mass is 432 g/mol. The highest BCUT2D eigenvalue weighted by atomic mass is 32.1. The maximum Gasteiger partial charge on any atom is 0.373 e. The van der Waals surface area contributed by atoms with Crippen molar-refractivity contribution in [1.29, 1.82) is 0 Å². The van der Waals surface area contributed by atoms with E-state index in [-0.39, 0.29) is 12.3 Å². The highest BCUT2D eigenvalue weighted by Gasteiger charge is 2.17. The molecule has 8 heteroatoms. The Balaban J connectivity index is 1.62. The topological polar surface area (TPSA) is 94.3 Å². The molecule has 0 unspecified atom stereocenters. The van der Waals surface area contributed by atoms with Gasteiger partial charge in [0.15, 0.2) is 0 Å². The maximum absolute atomic E-state index is 13.3. The smallest absolute Gasteiger partial charge is 0.373 e. The van der Waals surface area contributed by atoms with Crippen LogP contribution in [-0.2, 0) is 11.3 Å². The number of hydrogen-bond donors (Lipinski definition) is 1. The summed E-state index contributed by atoms with van der Waals surface area (Å²) in [5, 5.41) is 4.49. The number of furan rings is 1. The Kier molecular flexibility index (Phi) is 4.56. The zero-order valence-corrected chi connectivity index (χ0v) is 17.2. The molecule has 0 amide bonds. The van der Waals surface area contributed by atoms with Crippen LogP contribution in [0.5, 0.6) is 0 Å². The number of aromatic amines is 1. The number of nitrogens with zero attached hydrogens (tertiary/aromatic N) is 1. The molecule has 31 heavy (non-hydrogen) atoms. The molecule has 154 valence electrons. The fraction of sp³-hybridized carbons (Fsp3) is 0.0870. The Morgan fingerprint density at radius 3 is 2.71 bits per heavy atom. The summed E-state index contributed by atoms with van der Waals surface area (Å²) in [5.41, 5.74) is 0.696. The van der Waals surface area contributed by atoms with Crippen molar-refractivity contribution in [3.8, 4) is 11.1 Å². The minimum atomic E-state index is -0.626. The Morgan fingerprint density at radius 1 is 1.10 bits per heavy atom. The van der Waals surface area contributed by atoms with E-state index in [0.29, 0.717) is 16.0 Å². The largest absolute Gasteiger partial charge is 0.463 e. The number of nitrogens with one attached hydrogen (secondary N) is 1. The van der Waals surface area contributed by atoms with Gasteiger partial charge in [-0.1, -0.05) is 36.4 Å². The molecule has 0 atom stereocenters. The van der Waals surface area contributed by atoms with Gasteiger partial charge in [0.2, 0.25) is 5.76 Å². The van der Waals surface area contributed by atoms with Crippen molar-refractivity contribution in [2.75, 3.05) is 7.11 Å². The van der Waals surface area contributed by atoms with Crippen LogP contribution in [0.25, 0.3) is 32.1 Å². The van der Waals surface area contributed by atoms with E-state index in [2.05, 4.69) is 9.72 Å². The van der Waals surface area contributed by atoms with Gasteiger partial charge in [0.1, 0.15) is 10.6 Å². The Labute approximate surface area is 179 Å². The number of carbonyl (C=O) groups excluding carboxylic acids is 1. The first-order valence-corrected chi connectivity index (χ1v) is 10.3. The number of fused-ring (bicyclic) bond motifs is 2. The van der Waals surface area contributed by atoms with Gasteiger partial charge in [-0.15, -0.1) is 11.3 Å². The van der Waals surface area contributed by atoms with Gasteiger partial charge in [0, 0.05) is 10.9 Å². The number of H-pyrrole nitrogens is 1. The third-order valence-corrected chi connectivity index (χ3v) is 6.03. The van der Waals surface area contributed by atoms with Gasteiger partial charge in [0.05, 0.1) is 19.0 Å². The van der Waals surface area contributed by atoms with E-state index in [1.54, 1.807) is 6.07 Å². The average molecular weight is 432 g/mol. The molecule has 3 heterocycles. The van der Waals surface area contributed by atoms with E-state index >= 15 is 0 Å². The highest BCUT2D eigenvalue weighted by molar-refractivity contribution is 7.17. The molecule has 0 aliphatic heterocycles. The van der Waals surface area contributed by atoms with Crippen LogP contribution in [0.1, 0.15) is 16.3 Å². The van der Waals surface area contributed by atoms with E-state index in [0.717, 1.165) is 26.5 Å². The highest BCUT2D eigenvalue weighted by Crippen LogP contribution is 2.32. The number of esters is 1. The molecule has 0 saturated carbocycles. The number of thiophene rings is 1. The lowest BCUT2D eigenvalue weighted by Crippen LogP contribution is -2.35. The van der Waals surface area contributed by atoms with Crippen LogP contribution in [0.4, 0.5) is 0 Å². The first kappa shape index (κ1) is 19.1. The van der Waals surface area contributed by atoms with Crippen molar-refractivity contribution in [1.82, 2.24) is 9.55 Å². The molecule has 0 radical (unpaired) electrons. The summed E-state index contributed by atoms with van der Waals surface area (Å²) in [4.78, 5) is 40.7. The summed E-state index contributed by atoms with van der Waals surface area (Å²) < 4.78 is 11.1. The van der Waals surface area contributed by atoms with Crippen LogP contribution < -0.4 is 11.2 Å². The molecule has 0 bridgehead atoms. The van der Waals surface area contributed by atoms with Crippen molar-refractivity contribution in [3.05, 3.63) is 92.3 Å². The molecule has 0 fully saturated rings. The third kappa shape index (κ3) is 3.27. The predicted octanol–water partition coefficient (Wildman–Crippen LogP) is 4.00. The molecule has 2 aromatic carbocycles. The first-order chi connectivity index (χ1) is 15.0. The van der Waals surface area contributed by atoms with E-state index in [4.69, 9.17) is 4.42 Å². The minimum absolute atomic E-state index is 0.00967. The van der Waals surface area contributed by atoms with Crippen molar-refractivity contribution >= 4 is 38.3 Å². The predicted molar refractivity (Wildman–Crippen MR) is 119 cm³/mol. The van der Waals surface area contributed by atoms with E-state index < -0.39 is 17.2 Å². The first-order valence-electron chi connectivity index (χ1n) is 9.45. The van der Waals surface area contributed by atoms with E-state index in [1.807, 2.05) is 47.8 Å². The Morgan fingerprint density at radius 2 is 1.90 bits per heavy atom. The van der Waals surface area contributed by atoms with Gasteiger partial charge in [-0.3, -0.25) is 14.3 Å². The maximum atomic E-state index is 13.3. The minimum Gasteiger partial charge on any atom is -0.463 e. The van der Waals surface area contributed by atoms with Crippen LogP contribution in [-0.4, -0.2) is 22.6 Å². The lowest BCUT2D eigenvalue weighted by molar-refractivity contribution is 0.0563. The Bertz CT molecular complexity index is 1570. The van der Waals surface area contributed by atoms with Gasteiger partial charge >= 0.3 is 11.7 Å². The number of hydrogen-bond acceptors (Lipinski definition) is 6. The zero-order chi connectivity index (χ0) is 21.5. The summed E-state index contributed by atoms with van der Waals surface area (Å²) >= 11 is 1.31. The molecule has 0 aliphatic carbocycles. The standard InChI is InChI=1S/C23H16N2O5S/c1-29-22(27)18-9-8-16(30-18)11-25-21(26)19-17(12-31-20(19)24-23(25)28)15-7-6-13-4-2-3-5-14(13)10-15/h2-10,12H,11H2,1H3,(H,24,28). The van der Waals surface area contributed by atoms with Crippen molar-refractivity contribution in [3.63, 3.8) is 0 Å². The lowest BCUT2D eigenvalue weighted by atomic mass is 10.0. The number of aromatic nitrogens is 2. The molecule has 5 aromatic rings. The van der Waals surface area contributed by atoms with Gasteiger partial charge < -0.3 is 9.15 Å². The summed E-state index contributed by atoms with van der Waals surface area (Å²) in [6.07, 6.45) is 0. The molecule has 5 rings (SSSR count).